The van der Waals surface area contributed by atoms with E-state index in [0.717, 1.165) is 32.7 Å². The molecule has 1 fully saturated rings. The molecule has 5 heteroatoms. The molecular weight excluding hydrogens is 230 g/mol. The Morgan fingerprint density at radius 3 is 2.61 bits per heavy atom. The van der Waals surface area contributed by atoms with Crippen LogP contribution < -0.4 is 11.1 Å². The number of amides is 1. The average Bonchev–Trinajstić information content (AvgIpc) is 2.35. The van der Waals surface area contributed by atoms with Gasteiger partial charge in [-0.05, 0) is 27.2 Å². The Balaban J connectivity index is 2.29. The van der Waals surface area contributed by atoms with E-state index in [2.05, 4.69) is 24.1 Å². The zero-order chi connectivity index (χ0) is 13.6. The van der Waals surface area contributed by atoms with E-state index in [1.165, 1.54) is 0 Å². The van der Waals surface area contributed by atoms with Gasteiger partial charge in [0.05, 0.1) is 13.2 Å². The summed E-state index contributed by atoms with van der Waals surface area (Å²) in [4.78, 5) is 14.0. The highest BCUT2D eigenvalue weighted by Crippen LogP contribution is 2.15. The van der Waals surface area contributed by atoms with Crippen molar-refractivity contribution in [2.45, 2.75) is 45.2 Å². The topological polar surface area (TPSA) is 67.6 Å². The van der Waals surface area contributed by atoms with Crippen LogP contribution in [0, 0.1) is 0 Å². The number of carbonyl (C=O) groups excluding carboxylic acids is 1. The molecule has 1 atom stereocenters. The van der Waals surface area contributed by atoms with Gasteiger partial charge < -0.3 is 15.8 Å². The monoisotopic (exact) mass is 257 g/mol. The lowest BCUT2D eigenvalue weighted by molar-refractivity contribution is -0.122. The second-order valence-electron chi connectivity index (χ2n) is 5.70. The zero-order valence-electron chi connectivity index (χ0n) is 11.9. The number of nitrogens with zero attached hydrogens (tertiary/aromatic N) is 1. The predicted molar refractivity (Wildman–Crippen MR) is 72.4 cm³/mol. The van der Waals surface area contributed by atoms with Gasteiger partial charge in [0.2, 0.25) is 5.91 Å². The summed E-state index contributed by atoms with van der Waals surface area (Å²) in [5.41, 5.74) is 5.62. The van der Waals surface area contributed by atoms with Crippen molar-refractivity contribution in [2.75, 3.05) is 32.8 Å². The minimum absolute atomic E-state index is 0.0201. The highest BCUT2D eigenvalue weighted by atomic mass is 16.5. The normalized spacial score (nSPS) is 19.6. The molecule has 0 radical (unpaired) electrons. The molecule has 1 rings (SSSR count). The fraction of sp³-hybridized carbons (Fsp3) is 0.923. The molecule has 1 unspecified atom stereocenters. The summed E-state index contributed by atoms with van der Waals surface area (Å²) in [6, 6.07) is 0.0861. The van der Waals surface area contributed by atoms with Gasteiger partial charge in [-0.15, -0.1) is 0 Å². The summed E-state index contributed by atoms with van der Waals surface area (Å²) in [7, 11) is 0. The SMILES string of the molecule is CC(N)CCC(=O)NCC(C)(C)N1CCOCC1. The van der Waals surface area contributed by atoms with Crippen LogP contribution in [0.25, 0.3) is 0 Å². The molecule has 1 amide bonds. The predicted octanol–water partition coefficient (Wildman–Crippen LogP) is 0.341. The molecule has 1 saturated heterocycles. The van der Waals surface area contributed by atoms with Crippen molar-refractivity contribution in [3.8, 4) is 0 Å². The van der Waals surface area contributed by atoms with Gasteiger partial charge in [-0.3, -0.25) is 9.69 Å². The van der Waals surface area contributed by atoms with E-state index >= 15 is 0 Å². The molecule has 0 aromatic carbocycles. The van der Waals surface area contributed by atoms with Crippen LogP contribution in [0.3, 0.4) is 0 Å². The molecule has 18 heavy (non-hydrogen) atoms. The number of ether oxygens (including phenoxy) is 1. The third-order valence-electron chi connectivity index (χ3n) is 3.41. The van der Waals surface area contributed by atoms with Crippen LogP contribution in [-0.2, 0) is 9.53 Å². The first kappa shape index (κ1) is 15.4. The van der Waals surface area contributed by atoms with Gasteiger partial charge in [-0.1, -0.05) is 0 Å². The summed E-state index contributed by atoms with van der Waals surface area (Å²) >= 11 is 0. The van der Waals surface area contributed by atoms with Crippen LogP contribution in [0.1, 0.15) is 33.6 Å². The van der Waals surface area contributed by atoms with E-state index in [4.69, 9.17) is 10.5 Å². The lowest BCUT2D eigenvalue weighted by Crippen LogP contribution is -2.55. The highest BCUT2D eigenvalue weighted by Gasteiger charge is 2.28. The Morgan fingerprint density at radius 2 is 2.06 bits per heavy atom. The van der Waals surface area contributed by atoms with Crippen molar-refractivity contribution >= 4 is 5.91 Å². The maximum Gasteiger partial charge on any atom is 0.220 e. The summed E-state index contributed by atoms with van der Waals surface area (Å²) in [6.45, 7) is 10.3. The van der Waals surface area contributed by atoms with Crippen LogP contribution in [0.5, 0.6) is 0 Å². The Hall–Kier alpha value is -0.650. The molecule has 3 N–H and O–H groups in total. The van der Waals surface area contributed by atoms with Crippen LogP contribution in [0.15, 0.2) is 0 Å². The molecular formula is C13H27N3O2. The number of hydrogen-bond donors (Lipinski definition) is 2. The van der Waals surface area contributed by atoms with E-state index in [1.54, 1.807) is 0 Å². The van der Waals surface area contributed by atoms with Crippen molar-refractivity contribution in [2.24, 2.45) is 5.73 Å². The molecule has 1 heterocycles. The largest absolute Gasteiger partial charge is 0.379 e. The first-order valence-electron chi connectivity index (χ1n) is 6.77. The maximum atomic E-state index is 11.7. The fourth-order valence-electron chi connectivity index (χ4n) is 2.04. The first-order valence-corrected chi connectivity index (χ1v) is 6.77. The Bertz CT molecular complexity index is 261. The molecule has 1 aliphatic heterocycles. The van der Waals surface area contributed by atoms with Gasteiger partial charge in [0.1, 0.15) is 0 Å². The number of nitrogens with one attached hydrogen (secondary N) is 1. The number of carbonyl (C=O) groups is 1. The van der Waals surface area contributed by atoms with Crippen molar-refractivity contribution in [3.63, 3.8) is 0 Å². The molecule has 106 valence electrons. The summed E-state index contributed by atoms with van der Waals surface area (Å²) in [5, 5.41) is 3.00. The van der Waals surface area contributed by atoms with E-state index in [9.17, 15) is 4.79 Å². The smallest absolute Gasteiger partial charge is 0.220 e. The van der Waals surface area contributed by atoms with Crippen LogP contribution in [-0.4, -0.2) is 55.2 Å². The third-order valence-corrected chi connectivity index (χ3v) is 3.41. The van der Waals surface area contributed by atoms with Crippen molar-refractivity contribution in [3.05, 3.63) is 0 Å². The average molecular weight is 257 g/mol. The zero-order valence-corrected chi connectivity index (χ0v) is 11.9. The quantitative estimate of drug-likeness (QED) is 0.720. The first-order chi connectivity index (χ1) is 8.42. The molecule has 1 aliphatic rings. The second kappa shape index (κ2) is 7.07. The number of hydrogen-bond acceptors (Lipinski definition) is 4. The van der Waals surface area contributed by atoms with Crippen LogP contribution in [0.4, 0.5) is 0 Å². The number of rotatable bonds is 6. The highest BCUT2D eigenvalue weighted by molar-refractivity contribution is 5.75. The molecule has 0 bridgehead atoms. The molecule has 0 aromatic rings. The third kappa shape index (κ3) is 5.33. The van der Waals surface area contributed by atoms with Gasteiger partial charge in [-0.25, -0.2) is 0 Å². The molecule has 0 saturated carbocycles. The Labute approximate surface area is 110 Å². The lowest BCUT2D eigenvalue weighted by Gasteiger charge is -2.40. The summed E-state index contributed by atoms with van der Waals surface area (Å²) in [5.74, 6) is 0.0913. The van der Waals surface area contributed by atoms with Gasteiger partial charge >= 0.3 is 0 Å². The van der Waals surface area contributed by atoms with Gasteiger partial charge in [-0.2, -0.15) is 0 Å². The molecule has 5 nitrogen and oxygen atoms in total. The number of nitrogens with two attached hydrogens (primary N) is 1. The van der Waals surface area contributed by atoms with Crippen LogP contribution in [0.2, 0.25) is 0 Å². The van der Waals surface area contributed by atoms with E-state index in [-0.39, 0.29) is 17.5 Å². The minimum atomic E-state index is -0.0201. The summed E-state index contributed by atoms with van der Waals surface area (Å²) < 4.78 is 5.34. The molecule has 0 spiro atoms. The second-order valence-corrected chi connectivity index (χ2v) is 5.70. The van der Waals surface area contributed by atoms with E-state index in [0.29, 0.717) is 13.0 Å². The summed E-state index contributed by atoms with van der Waals surface area (Å²) in [6.07, 6.45) is 1.25. The van der Waals surface area contributed by atoms with Crippen molar-refractivity contribution in [1.29, 1.82) is 0 Å². The maximum absolute atomic E-state index is 11.7. The van der Waals surface area contributed by atoms with E-state index < -0.39 is 0 Å². The number of morpholine rings is 1. The fourth-order valence-corrected chi connectivity index (χ4v) is 2.04. The van der Waals surface area contributed by atoms with Crippen molar-refractivity contribution < 1.29 is 9.53 Å². The Morgan fingerprint density at radius 1 is 1.44 bits per heavy atom. The van der Waals surface area contributed by atoms with E-state index in [1.807, 2.05) is 6.92 Å². The van der Waals surface area contributed by atoms with Crippen molar-refractivity contribution in [1.82, 2.24) is 10.2 Å². The Kier molecular flexibility index (Phi) is 6.05. The molecule has 0 aliphatic carbocycles. The lowest BCUT2D eigenvalue weighted by atomic mass is 10.0. The van der Waals surface area contributed by atoms with Gasteiger partial charge in [0.15, 0.2) is 0 Å². The van der Waals surface area contributed by atoms with Gasteiger partial charge in [0, 0.05) is 37.6 Å². The molecule has 0 aromatic heterocycles. The van der Waals surface area contributed by atoms with Crippen LogP contribution >= 0.6 is 0 Å². The van der Waals surface area contributed by atoms with Gasteiger partial charge in [0.25, 0.3) is 0 Å². The standard InChI is InChI=1S/C13H27N3O2/c1-11(14)4-5-12(17)15-10-13(2,3)16-6-8-18-9-7-16/h11H,4-10,14H2,1-3H3,(H,15,17). The minimum Gasteiger partial charge on any atom is -0.379 e.